The van der Waals surface area contributed by atoms with E-state index >= 15 is 0 Å². The standard InChI is InChI=1S/C15H21O3S2/c1-15(2,3)18-14(16)17-12-4-6-13(7-5-12)20-10-8-19-9-11-20/h4-7H,8-11H2,1-3H3/q+1. The molecule has 0 radical (unpaired) electrons. The third-order valence-electron chi connectivity index (χ3n) is 2.70. The van der Waals surface area contributed by atoms with Crippen LogP contribution in [-0.4, -0.2) is 34.8 Å². The average Bonchev–Trinajstić information content (AvgIpc) is 2.38. The highest BCUT2D eigenvalue weighted by atomic mass is 32.2. The van der Waals surface area contributed by atoms with Crippen LogP contribution in [0, 0.1) is 0 Å². The lowest BCUT2D eigenvalue weighted by molar-refractivity contribution is 0.0206. The molecule has 1 aliphatic rings. The second-order valence-electron chi connectivity index (χ2n) is 5.55. The summed E-state index contributed by atoms with van der Waals surface area (Å²) in [5, 5.41) is 0. The van der Waals surface area contributed by atoms with Crippen molar-refractivity contribution in [3.8, 4) is 5.75 Å². The van der Waals surface area contributed by atoms with Gasteiger partial charge in [0.05, 0.1) is 0 Å². The van der Waals surface area contributed by atoms with Crippen LogP contribution < -0.4 is 4.74 Å². The number of carbonyl (C=O) groups is 1. The molecule has 20 heavy (non-hydrogen) atoms. The second-order valence-corrected chi connectivity index (χ2v) is 9.05. The molecule has 0 saturated carbocycles. The van der Waals surface area contributed by atoms with E-state index in [1.165, 1.54) is 27.9 Å². The molecule has 110 valence electrons. The molecule has 1 aromatic rings. The molecule has 0 aliphatic carbocycles. The van der Waals surface area contributed by atoms with Crippen LogP contribution in [0.4, 0.5) is 4.79 Å². The molecule has 0 bridgehead atoms. The van der Waals surface area contributed by atoms with Crippen molar-refractivity contribution in [3.05, 3.63) is 24.3 Å². The van der Waals surface area contributed by atoms with Crippen LogP contribution in [0.5, 0.6) is 5.75 Å². The van der Waals surface area contributed by atoms with E-state index in [9.17, 15) is 4.79 Å². The first-order chi connectivity index (χ1) is 9.44. The Morgan fingerprint density at radius 3 is 2.30 bits per heavy atom. The van der Waals surface area contributed by atoms with Gasteiger partial charge in [0.2, 0.25) is 0 Å². The Hall–Kier alpha value is -0.810. The van der Waals surface area contributed by atoms with Gasteiger partial charge >= 0.3 is 6.16 Å². The number of hydrogen-bond donors (Lipinski definition) is 0. The van der Waals surface area contributed by atoms with Crippen molar-refractivity contribution in [1.29, 1.82) is 0 Å². The van der Waals surface area contributed by atoms with Gasteiger partial charge in [-0.05, 0) is 45.0 Å². The summed E-state index contributed by atoms with van der Waals surface area (Å²) in [6, 6.07) is 7.85. The number of thioether (sulfide) groups is 1. The Labute approximate surface area is 127 Å². The molecule has 1 aliphatic heterocycles. The summed E-state index contributed by atoms with van der Waals surface area (Å²) in [5.74, 6) is 5.56. The maximum Gasteiger partial charge on any atom is 0.514 e. The summed E-state index contributed by atoms with van der Waals surface area (Å²) < 4.78 is 10.3. The largest absolute Gasteiger partial charge is 0.514 e. The molecule has 5 heteroatoms. The zero-order valence-electron chi connectivity index (χ0n) is 12.2. The summed E-state index contributed by atoms with van der Waals surface area (Å²) >= 11 is 2.03. The minimum absolute atomic E-state index is 0.363. The molecule has 0 atom stereocenters. The molecule has 1 heterocycles. The fraction of sp³-hybridized carbons (Fsp3) is 0.533. The van der Waals surface area contributed by atoms with Crippen LogP contribution in [0.3, 0.4) is 0 Å². The topological polar surface area (TPSA) is 35.5 Å². The van der Waals surface area contributed by atoms with Gasteiger partial charge in [-0.15, -0.1) is 0 Å². The van der Waals surface area contributed by atoms with Gasteiger partial charge in [0.15, 0.2) is 4.90 Å². The Morgan fingerprint density at radius 1 is 1.15 bits per heavy atom. The molecule has 3 nitrogen and oxygen atoms in total. The predicted molar refractivity (Wildman–Crippen MR) is 86.0 cm³/mol. The molecule has 0 amide bonds. The monoisotopic (exact) mass is 313 g/mol. The van der Waals surface area contributed by atoms with Crippen molar-refractivity contribution >= 4 is 28.8 Å². The molecular weight excluding hydrogens is 292 g/mol. The zero-order valence-corrected chi connectivity index (χ0v) is 13.8. The average molecular weight is 313 g/mol. The highest BCUT2D eigenvalue weighted by molar-refractivity contribution is 8.05. The van der Waals surface area contributed by atoms with E-state index in [4.69, 9.17) is 9.47 Å². The molecule has 2 rings (SSSR count). The number of ether oxygens (including phenoxy) is 2. The molecule has 0 unspecified atom stereocenters. The van der Waals surface area contributed by atoms with Crippen molar-refractivity contribution in [2.24, 2.45) is 0 Å². The van der Waals surface area contributed by atoms with E-state index in [1.54, 1.807) is 0 Å². The molecular formula is C15H21O3S2+. The van der Waals surface area contributed by atoms with Crippen LogP contribution in [-0.2, 0) is 15.6 Å². The SMILES string of the molecule is CC(C)(C)OC(=O)Oc1ccc([S+]2CCSCC2)cc1. The Bertz CT molecular complexity index is 445. The van der Waals surface area contributed by atoms with Gasteiger partial charge in [-0.3, -0.25) is 0 Å². The van der Waals surface area contributed by atoms with Crippen LogP contribution in [0.25, 0.3) is 0 Å². The van der Waals surface area contributed by atoms with Crippen LogP contribution in [0.2, 0.25) is 0 Å². The molecule has 0 aromatic heterocycles. The molecule has 1 fully saturated rings. The lowest BCUT2D eigenvalue weighted by atomic mass is 10.2. The van der Waals surface area contributed by atoms with Crippen LogP contribution in [0.15, 0.2) is 29.2 Å². The maximum absolute atomic E-state index is 11.6. The second kappa shape index (κ2) is 6.76. The van der Waals surface area contributed by atoms with E-state index in [0.29, 0.717) is 16.6 Å². The molecule has 0 N–H and O–H groups in total. The Kier molecular flexibility index (Phi) is 5.27. The smallest absolute Gasteiger partial charge is 0.428 e. The quantitative estimate of drug-likeness (QED) is 0.473. The van der Waals surface area contributed by atoms with E-state index < -0.39 is 11.8 Å². The third-order valence-corrected chi connectivity index (χ3v) is 6.53. The van der Waals surface area contributed by atoms with E-state index in [1.807, 2.05) is 44.7 Å². The van der Waals surface area contributed by atoms with Crippen LogP contribution in [0.1, 0.15) is 20.8 Å². The van der Waals surface area contributed by atoms with E-state index in [0.717, 1.165) is 0 Å². The first kappa shape index (κ1) is 15.6. The lowest BCUT2D eigenvalue weighted by Gasteiger charge is -2.18. The van der Waals surface area contributed by atoms with Gasteiger partial charge in [-0.1, -0.05) is 0 Å². The zero-order chi connectivity index (χ0) is 14.6. The van der Waals surface area contributed by atoms with E-state index in [2.05, 4.69) is 12.1 Å². The Morgan fingerprint density at radius 2 is 1.75 bits per heavy atom. The van der Waals surface area contributed by atoms with E-state index in [-0.39, 0.29) is 0 Å². The number of benzene rings is 1. The first-order valence-corrected chi connectivity index (χ1v) is 9.42. The van der Waals surface area contributed by atoms with Crippen LogP contribution >= 0.6 is 11.8 Å². The Balaban J connectivity index is 1.92. The van der Waals surface area contributed by atoms with Gasteiger partial charge in [-0.2, -0.15) is 11.8 Å². The van der Waals surface area contributed by atoms with Crippen molar-refractivity contribution in [1.82, 2.24) is 0 Å². The lowest BCUT2D eigenvalue weighted by Crippen LogP contribution is -2.26. The maximum atomic E-state index is 11.6. The van der Waals surface area contributed by atoms with Gasteiger partial charge in [0, 0.05) is 22.4 Å². The summed E-state index contributed by atoms with van der Waals surface area (Å²) in [6.45, 7) is 5.46. The minimum Gasteiger partial charge on any atom is -0.428 e. The fourth-order valence-electron chi connectivity index (χ4n) is 1.83. The first-order valence-electron chi connectivity index (χ1n) is 6.70. The highest BCUT2D eigenvalue weighted by Gasteiger charge is 2.25. The number of carbonyl (C=O) groups excluding carboxylic acids is 1. The number of rotatable bonds is 2. The molecule has 1 saturated heterocycles. The molecule has 0 spiro atoms. The van der Waals surface area contributed by atoms with Gasteiger partial charge in [0.1, 0.15) is 22.9 Å². The summed E-state index contributed by atoms with van der Waals surface area (Å²) in [7, 11) is 0.363. The van der Waals surface area contributed by atoms with Gasteiger partial charge in [0.25, 0.3) is 0 Å². The summed E-state index contributed by atoms with van der Waals surface area (Å²) in [6.07, 6.45) is -0.651. The third kappa shape index (κ3) is 4.94. The minimum atomic E-state index is -0.651. The fourth-order valence-corrected chi connectivity index (χ4v) is 5.78. The summed E-state index contributed by atoms with van der Waals surface area (Å²) in [5.41, 5.74) is -0.530. The normalized spacial score (nSPS) is 16.8. The van der Waals surface area contributed by atoms with Crippen molar-refractivity contribution in [2.75, 3.05) is 23.0 Å². The van der Waals surface area contributed by atoms with Gasteiger partial charge < -0.3 is 9.47 Å². The van der Waals surface area contributed by atoms with Crippen molar-refractivity contribution in [2.45, 2.75) is 31.3 Å². The summed E-state index contributed by atoms with van der Waals surface area (Å²) in [4.78, 5) is 12.9. The van der Waals surface area contributed by atoms with Crippen molar-refractivity contribution < 1.29 is 14.3 Å². The predicted octanol–water partition coefficient (Wildman–Crippen LogP) is 3.72. The number of hydrogen-bond acceptors (Lipinski definition) is 4. The molecule has 1 aromatic carbocycles. The highest BCUT2D eigenvalue weighted by Crippen LogP contribution is 2.24. The van der Waals surface area contributed by atoms with Gasteiger partial charge in [-0.25, -0.2) is 4.79 Å². The van der Waals surface area contributed by atoms with Crippen molar-refractivity contribution in [3.63, 3.8) is 0 Å².